The van der Waals surface area contributed by atoms with E-state index in [1.165, 1.54) is 0 Å². The van der Waals surface area contributed by atoms with E-state index >= 15 is 0 Å². The van der Waals surface area contributed by atoms with Gasteiger partial charge >= 0.3 is 0 Å². The second-order valence-corrected chi connectivity index (χ2v) is 4.69. The van der Waals surface area contributed by atoms with Gasteiger partial charge in [0.1, 0.15) is 6.07 Å². The Morgan fingerprint density at radius 1 is 1.32 bits per heavy atom. The Kier molecular flexibility index (Phi) is 4.59. The molecule has 2 N–H and O–H groups in total. The zero-order chi connectivity index (χ0) is 13.3. The zero-order valence-corrected chi connectivity index (χ0v) is 11.4. The smallest absolute Gasteiger partial charge is 0.251 e. The third-order valence-electron chi connectivity index (χ3n) is 3.28. The molecule has 1 fully saturated rings. The number of nitrogen functional groups attached to an aromatic ring is 1. The molecule has 104 valence electrons. The first-order valence-electron chi connectivity index (χ1n) is 5.86. The summed E-state index contributed by atoms with van der Waals surface area (Å²) in [6, 6.07) is 5.54. The van der Waals surface area contributed by atoms with Crippen LogP contribution in [0.3, 0.4) is 0 Å². The minimum absolute atomic E-state index is 0. The highest BCUT2D eigenvalue weighted by Crippen LogP contribution is 2.33. The second kappa shape index (κ2) is 5.62. The standard InChI is InChI=1S/C13H15F2N3.ClH/c1-9-6-10(17)7-12(11(9)8-16)18-4-2-13(14,15)3-5-18;/h6-7H,2-5,17H2,1H3;1H. The molecule has 0 radical (unpaired) electrons. The Labute approximate surface area is 117 Å². The number of aryl methyl sites for hydroxylation is 1. The monoisotopic (exact) mass is 287 g/mol. The summed E-state index contributed by atoms with van der Waals surface area (Å²) in [4.78, 5) is 1.82. The molecule has 0 amide bonds. The summed E-state index contributed by atoms with van der Waals surface area (Å²) in [5, 5.41) is 9.16. The van der Waals surface area contributed by atoms with Gasteiger partial charge in [-0.05, 0) is 24.6 Å². The SMILES string of the molecule is Cc1cc(N)cc(N2CCC(F)(F)CC2)c1C#N.Cl. The van der Waals surface area contributed by atoms with Crippen molar-refractivity contribution in [3.8, 4) is 6.07 Å². The first-order valence-corrected chi connectivity index (χ1v) is 5.86. The molecule has 1 aliphatic heterocycles. The summed E-state index contributed by atoms with van der Waals surface area (Å²) >= 11 is 0. The number of piperidine rings is 1. The number of hydrogen-bond donors (Lipinski definition) is 1. The van der Waals surface area contributed by atoms with Gasteiger partial charge < -0.3 is 10.6 Å². The molecule has 1 saturated heterocycles. The number of nitrogens with zero attached hydrogens (tertiary/aromatic N) is 2. The van der Waals surface area contributed by atoms with Crippen molar-refractivity contribution in [2.24, 2.45) is 0 Å². The summed E-state index contributed by atoms with van der Waals surface area (Å²) in [7, 11) is 0. The van der Waals surface area contributed by atoms with Crippen molar-refractivity contribution >= 4 is 23.8 Å². The Bertz CT molecular complexity index is 501. The molecule has 0 bridgehead atoms. The van der Waals surface area contributed by atoms with Gasteiger partial charge in [0.15, 0.2) is 0 Å². The van der Waals surface area contributed by atoms with Gasteiger partial charge in [-0.2, -0.15) is 5.26 Å². The first kappa shape index (κ1) is 15.5. The minimum Gasteiger partial charge on any atom is -0.399 e. The molecule has 0 saturated carbocycles. The number of rotatable bonds is 1. The van der Waals surface area contributed by atoms with E-state index in [1.54, 1.807) is 19.1 Å². The lowest BCUT2D eigenvalue weighted by atomic mass is 10.0. The molecule has 2 rings (SSSR count). The van der Waals surface area contributed by atoms with Crippen LogP contribution in [-0.2, 0) is 0 Å². The van der Waals surface area contributed by atoms with Gasteiger partial charge in [0, 0.05) is 31.6 Å². The van der Waals surface area contributed by atoms with Crippen LogP contribution in [0.4, 0.5) is 20.2 Å². The van der Waals surface area contributed by atoms with Crippen LogP contribution < -0.4 is 10.6 Å². The third-order valence-corrected chi connectivity index (χ3v) is 3.28. The van der Waals surface area contributed by atoms with E-state index in [9.17, 15) is 8.78 Å². The van der Waals surface area contributed by atoms with Crippen molar-refractivity contribution in [3.63, 3.8) is 0 Å². The summed E-state index contributed by atoms with van der Waals surface area (Å²) in [5.41, 5.74) is 8.29. The molecule has 0 unspecified atom stereocenters. The fourth-order valence-electron chi connectivity index (χ4n) is 2.27. The zero-order valence-electron chi connectivity index (χ0n) is 10.6. The number of alkyl halides is 2. The molecule has 1 heterocycles. The maximum absolute atomic E-state index is 13.1. The molecule has 1 aromatic rings. The molecule has 6 heteroatoms. The molecule has 0 aromatic heterocycles. The van der Waals surface area contributed by atoms with E-state index in [1.807, 2.05) is 4.90 Å². The molecule has 1 aromatic carbocycles. The Morgan fingerprint density at radius 3 is 2.42 bits per heavy atom. The first-order chi connectivity index (χ1) is 8.43. The maximum atomic E-state index is 13.1. The van der Waals surface area contributed by atoms with E-state index < -0.39 is 5.92 Å². The van der Waals surface area contributed by atoms with Crippen LogP contribution in [0, 0.1) is 18.3 Å². The molecule has 3 nitrogen and oxygen atoms in total. The lowest BCUT2D eigenvalue weighted by Crippen LogP contribution is -2.39. The van der Waals surface area contributed by atoms with Crippen LogP contribution in [0.5, 0.6) is 0 Å². The van der Waals surface area contributed by atoms with E-state index in [4.69, 9.17) is 11.0 Å². The highest BCUT2D eigenvalue weighted by molar-refractivity contribution is 5.85. The van der Waals surface area contributed by atoms with Crippen LogP contribution >= 0.6 is 12.4 Å². The normalized spacial score (nSPS) is 17.5. The van der Waals surface area contributed by atoms with E-state index in [0.29, 0.717) is 16.9 Å². The Hall–Kier alpha value is -1.54. The molecule has 0 aliphatic carbocycles. The van der Waals surface area contributed by atoms with Crippen LogP contribution in [0.2, 0.25) is 0 Å². The average Bonchev–Trinajstić information content (AvgIpc) is 2.28. The van der Waals surface area contributed by atoms with Crippen molar-refractivity contribution in [3.05, 3.63) is 23.3 Å². The summed E-state index contributed by atoms with van der Waals surface area (Å²) in [6.45, 7) is 2.31. The van der Waals surface area contributed by atoms with Gasteiger partial charge in [-0.15, -0.1) is 12.4 Å². The van der Waals surface area contributed by atoms with Crippen LogP contribution in [0.25, 0.3) is 0 Å². The number of nitriles is 1. The highest BCUT2D eigenvalue weighted by Gasteiger charge is 2.34. The van der Waals surface area contributed by atoms with Gasteiger partial charge in [-0.3, -0.25) is 0 Å². The van der Waals surface area contributed by atoms with E-state index in [-0.39, 0.29) is 38.3 Å². The average molecular weight is 288 g/mol. The fraction of sp³-hybridized carbons (Fsp3) is 0.462. The Balaban J connectivity index is 0.00000180. The van der Waals surface area contributed by atoms with Crippen molar-refractivity contribution in [1.82, 2.24) is 0 Å². The predicted octanol–water partition coefficient (Wildman–Crippen LogP) is 3.11. The lowest BCUT2D eigenvalue weighted by Gasteiger charge is -2.34. The largest absolute Gasteiger partial charge is 0.399 e. The van der Waals surface area contributed by atoms with Crippen LogP contribution in [0.15, 0.2) is 12.1 Å². The minimum atomic E-state index is -2.58. The van der Waals surface area contributed by atoms with Crippen molar-refractivity contribution in [1.29, 1.82) is 5.26 Å². The Morgan fingerprint density at radius 2 is 1.89 bits per heavy atom. The molecule has 0 spiro atoms. The van der Waals surface area contributed by atoms with Crippen molar-refractivity contribution in [2.75, 3.05) is 23.7 Å². The van der Waals surface area contributed by atoms with Gasteiger partial charge in [0.2, 0.25) is 0 Å². The topological polar surface area (TPSA) is 53.0 Å². The van der Waals surface area contributed by atoms with Crippen LogP contribution in [-0.4, -0.2) is 19.0 Å². The number of anilines is 2. The summed E-state index contributed by atoms with van der Waals surface area (Å²) in [5.74, 6) is -2.58. The van der Waals surface area contributed by atoms with Crippen molar-refractivity contribution in [2.45, 2.75) is 25.7 Å². The van der Waals surface area contributed by atoms with E-state index in [0.717, 1.165) is 5.56 Å². The number of benzene rings is 1. The number of halogens is 3. The molecule has 0 atom stereocenters. The van der Waals surface area contributed by atoms with Crippen LogP contribution in [0.1, 0.15) is 24.0 Å². The van der Waals surface area contributed by atoms with Gasteiger partial charge in [-0.1, -0.05) is 0 Å². The molecular formula is C13H16ClF2N3. The van der Waals surface area contributed by atoms with E-state index in [2.05, 4.69) is 6.07 Å². The quantitative estimate of drug-likeness (QED) is 0.808. The summed E-state index contributed by atoms with van der Waals surface area (Å²) < 4.78 is 26.2. The summed E-state index contributed by atoms with van der Waals surface area (Å²) in [6.07, 6.45) is -0.350. The van der Waals surface area contributed by atoms with Crippen molar-refractivity contribution < 1.29 is 8.78 Å². The highest BCUT2D eigenvalue weighted by atomic mass is 35.5. The van der Waals surface area contributed by atoms with Gasteiger partial charge in [0.25, 0.3) is 5.92 Å². The molecular weight excluding hydrogens is 272 g/mol. The van der Waals surface area contributed by atoms with Gasteiger partial charge in [0.05, 0.1) is 11.3 Å². The molecule has 1 aliphatic rings. The predicted molar refractivity (Wildman–Crippen MR) is 73.9 cm³/mol. The molecule has 19 heavy (non-hydrogen) atoms. The third kappa shape index (κ3) is 3.27. The van der Waals surface area contributed by atoms with Gasteiger partial charge in [-0.25, -0.2) is 8.78 Å². The maximum Gasteiger partial charge on any atom is 0.251 e. The lowest BCUT2D eigenvalue weighted by molar-refractivity contribution is -0.0220. The number of hydrogen-bond acceptors (Lipinski definition) is 3. The fourth-order valence-corrected chi connectivity index (χ4v) is 2.27. The number of nitrogens with two attached hydrogens (primary N) is 1. The second-order valence-electron chi connectivity index (χ2n) is 4.69.